The maximum atomic E-state index is 10.7. The van der Waals surface area contributed by atoms with Gasteiger partial charge in [0, 0.05) is 6.42 Å². The van der Waals surface area contributed by atoms with Crippen LogP contribution in [0.4, 0.5) is 0 Å². The van der Waals surface area contributed by atoms with Crippen molar-refractivity contribution in [2.24, 2.45) is 5.73 Å². The smallest absolute Gasteiger partial charge is 0.133 e. The number of Topliss-reactive ketones (excluding diaryl/α,β-unsaturated/α-hetero) is 1. The van der Waals surface area contributed by atoms with Crippen LogP contribution in [0.25, 0.3) is 0 Å². The van der Waals surface area contributed by atoms with Crippen molar-refractivity contribution >= 4 is 5.78 Å². The lowest BCUT2D eigenvalue weighted by molar-refractivity contribution is -0.117. The van der Waals surface area contributed by atoms with Gasteiger partial charge in [0.15, 0.2) is 0 Å². The van der Waals surface area contributed by atoms with Crippen LogP contribution in [0.1, 0.15) is 13.3 Å². The van der Waals surface area contributed by atoms with E-state index in [0.717, 1.165) is 0 Å². The Morgan fingerprint density at radius 1 is 1.64 bits per heavy atom. The zero-order valence-electron chi connectivity index (χ0n) is 6.50. The molecule has 0 amide bonds. The summed E-state index contributed by atoms with van der Waals surface area (Å²) in [5.41, 5.74) is 5.12. The molecule has 0 bridgehead atoms. The molecule has 1 unspecified atom stereocenters. The van der Waals surface area contributed by atoms with Crippen LogP contribution in [0.3, 0.4) is 0 Å². The summed E-state index contributed by atoms with van der Waals surface area (Å²) in [6.07, 6.45) is 7.52. The molecule has 0 aromatic carbocycles. The second kappa shape index (κ2) is 2.88. The number of hydrogen-bond acceptors (Lipinski definition) is 3. The van der Waals surface area contributed by atoms with E-state index in [0.29, 0.717) is 6.42 Å². The molecule has 3 heteroatoms. The molecule has 0 fully saturated rings. The predicted octanol–water partition coefficient (Wildman–Crippen LogP) is 0.294. The molecule has 3 N–H and O–H groups in total. The van der Waals surface area contributed by atoms with Crippen molar-refractivity contribution in [1.29, 1.82) is 0 Å². The largest absolute Gasteiger partial charge is 0.370 e. The van der Waals surface area contributed by atoms with Crippen molar-refractivity contribution in [1.82, 2.24) is 5.32 Å². The number of carbonyl (C=O) groups excluding carboxylic acids is 1. The highest BCUT2D eigenvalue weighted by molar-refractivity contribution is 5.77. The van der Waals surface area contributed by atoms with Crippen molar-refractivity contribution in [3.8, 4) is 0 Å². The van der Waals surface area contributed by atoms with Gasteiger partial charge in [-0.25, -0.2) is 0 Å². The van der Waals surface area contributed by atoms with E-state index in [4.69, 9.17) is 5.73 Å². The Labute approximate surface area is 66.0 Å². The molecule has 1 heterocycles. The molecular weight excluding hydrogens is 140 g/mol. The molecular formula is C8H12N2O. The van der Waals surface area contributed by atoms with E-state index < -0.39 is 5.66 Å². The summed E-state index contributed by atoms with van der Waals surface area (Å²) in [7, 11) is 0. The van der Waals surface area contributed by atoms with Crippen LogP contribution in [-0.4, -0.2) is 11.4 Å². The minimum absolute atomic E-state index is 0.0833. The Morgan fingerprint density at radius 3 is 2.82 bits per heavy atom. The normalized spacial score (nSPS) is 28.2. The quantitative estimate of drug-likeness (QED) is 0.598. The van der Waals surface area contributed by atoms with Crippen LogP contribution in [-0.2, 0) is 4.79 Å². The van der Waals surface area contributed by atoms with Crippen LogP contribution < -0.4 is 11.1 Å². The topological polar surface area (TPSA) is 55.1 Å². The van der Waals surface area contributed by atoms with Crippen LogP contribution in [0.15, 0.2) is 24.4 Å². The second-order valence-corrected chi connectivity index (χ2v) is 2.78. The van der Waals surface area contributed by atoms with E-state index >= 15 is 0 Å². The predicted molar refractivity (Wildman–Crippen MR) is 43.6 cm³/mol. The summed E-state index contributed by atoms with van der Waals surface area (Å²) in [5.74, 6) is 0.0833. The lowest BCUT2D eigenvalue weighted by Gasteiger charge is -2.26. The van der Waals surface area contributed by atoms with Gasteiger partial charge in [-0.2, -0.15) is 0 Å². The first kappa shape index (κ1) is 8.01. The first-order valence-corrected chi connectivity index (χ1v) is 3.53. The lowest BCUT2D eigenvalue weighted by atomic mass is 10.0. The fourth-order valence-corrected chi connectivity index (χ4v) is 1.06. The SMILES string of the molecule is CC(=O)CC1(N)C=CC=CN1. The van der Waals surface area contributed by atoms with Crippen LogP contribution in [0.2, 0.25) is 0 Å². The number of dihydropyridines is 1. The molecule has 1 aliphatic heterocycles. The van der Waals surface area contributed by atoms with E-state index in [-0.39, 0.29) is 5.78 Å². The van der Waals surface area contributed by atoms with Crippen molar-refractivity contribution in [3.05, 3.63) is 24.4 Å². The third kappa shape index (κ3) is 2.20. The highest BCUT2D eigenvalue weighted by Crippen LogP contribution is 2.08. The van der Waals surface area contributed by atoms with E-state index in [2.05, 4.69) is 5.32 Å². The van der Waals surface area contributed by atoms with E-state index in [1.807, 2.05) is 12.2 Å². The fourth-order valence-electron chi connectivity index (χ4n) is 1.06. The van der Waals surface area contributed by atoms with E-state index in [1.165, 1.54) is 6.92 Å². The molecule has 0 aromatic rings. The van der Waals surface area contributed by atoms with Crippen LogP contribution in [0.5, 0.6) is 0 Å². The molecule has 11 heavy (non-hydrogen) atoms. The third-order valence-electron chi connectivity index (χ3n) is 1.49. The Balaban J connectivity index is 2.61. The van der Waals surface area contributed by atoms with Gasteiger partial charge in [0.25, 0.3) is 0 Å². The van der Waals surface area contributed by atoms with Crippen molar-refractivity contribution < 1.29 is 4.79 Å². The zero-order chi connectivity index (χ0) is 8.32. The maximum Gasteiger partial charge on any atom is 0.133 e. The van der Waals surface area contributed by atoms with Gasteiger partial charge in [0.05, 0.1) is 0 Å². The standard InChI is InChI=1S/C8H12N2O/c1-7(11)6-8(9)4-2-3-5-10-8/h2-5,10H,6,9H2,1H3. The first-order chi connectivity index (χ1) is 5.12. The van der Waals surface area contributed by atoms with Gasteiger partial charge in [0.1, 0.15) is 11.4 Å². The van der Waals surface area contributed by atoms with Gasteiger partial charge in [-0.3, -0.25) is 4.79 Å². The minimum atomic E-state index is -0.666. The molecule has 0 spiro atoms. The summed E-state index contributed by atoms with van der Waals surface area (Å²) in [5, 5.41) is 2.92. The molecule has 3 nitrogen and oxygen atoms in total. The summed E-state index contributed by atoms with van der Waals surface area (Å²) >= 11 is 0. The Bertz CT molecular complexity index is 220. The van der Waals surface area contributed by atoms with E-state index in [9.17, 15) is 4.79 Å². The molecule has 0 aromatic heterocycles. The summed E-state index contributed by atoms with van der Waals surface area (Å²) in [4.78, 5) is 10.7. The Hall–Kier alpha value is -1.09. The summed E-state index contributed by atoms with van der Waals surface area (Å²) in [6.45, 7) is 1.53. The number of ketones is 1. The average molecular weight is 152 g/mol. The molecule has 1 aliphatic rings. The Morgan fingerprint density at radius 2 is 2.36 bits per heavy atom. The van der Waals surface area contributed by atoms with Crippen molar-refractivity contribution in [2.45, 2.75) is 19.0 Å². The highest BCUT2D eigenvalue weighted by atomic mass is 16.1. The Kier molecular flexibility index (Phi) is 2.10. The first-order valence-electron chi connectivity index (χ1n) is 3.53. The van der Waals surface area contributed by atoms with Gasteiger partial charge in [-0.1, -0.05) is 6.08 Å². The number of carbonyl (C=O) groups is 1. The number of hydrogen-bond donors (Lipinski definition) is 2. The van der Waals surface area contributed by atoms with Gasteiger partial charge in [-0.05, 0) is 25.3 Å². The molecule has 0 saturated carbocycles. The molecule has 60 valence electrons. The molecule has 0 radical (unpaired) electrons. The van der Waals surface area contributed by atoms with Gasteiger partial charge in [0.2, 0.25) is 0 Å². The zero-order valence-corrected chi connectivity index (χ0v) is 6.50. The van der Waals surface area contributed by atoms with Crippen molar-refractivity contribution in [3.63, 3.8) is 0 Å². The molecule has 0 saturated heterocycles. The summed E-state index contributed by atoms with van der Waals surface area (Å²) < 4.78 is 0. The minimum Gasteiger partial charge on any atom is -0.370 e. The van der Waals surface area contributed by atoms with Gasteiger partial charge in [-0.15, -0.1) is 0 Å². The number of nitrogens with one attached hydrogen (secondary N) is 1. The van der Waals surface area contributed by atoms with Crippen LogP contribution in [0, 0.1) is 0 Å². The molecule has 1 rings (SSSR count). The maximum absolute atomic E-state index is 10.7. The molecule has 1 atom stereocenters. The van der Waals surface area contributed by atoms with Crippen LogP contribution >= 0.6 is 0 Å². The molecule has 0 aliphatic carbocycles. The fraction of sp³-hybridized carbons (Fsp3) is 0.375. The number of rotatable bonds is 2. The lowest BCUT2D eigenvalue weighted by Crippen LogP contribution is -2.51. The monoisotopic (exact) mass is 152 g/mol. The third-order valence-corrected chi connectivity index (χ3v) is 1.49. The van der Waals surface area contributed by atoms with Crippen molar-refractivity contribution in [2.75, 3.05) is 0 Å². The second-order valence-electron chi connectivity index (χ2n) is 2.78. The highest BCUT2D eigenvalue weighted by Gasteiger charge is 2.22. The number of nitrogens with two attached hydrogens (primary N) is 1. The number of allylic oxidation sites excluding steroid dienone is 2. The van der Waals surface area contributed by atoms with E-state index in [1.54, 1.807) is 12.3 Å². The van der Waals surface area contributed by atoms with Gasteiger partial charge < -0.3 is 11.1 Å². The van der Waals surface area contributed by atoms with Gasteiger partial charge >= 0.3 is 0 Å². The summed E-state index contributed by atoms with van der Waals surface area (Å²) in [6, 6.07) is 0. The average Bonchev–Trinajstić information content (AvgIpc) is 1.85.